The van der Waals surface area contributed by atoms with Gasteiger partial charge >= 0.3 is 5.97 Å². The van der Waals surface area contributed by atoms with Crippen LogP contribution in [0.4, 0.5) is 0 Å². The van der Waals surface area contributed by atoms with Crippen LogP contribution in [0.1, 0.15) is 10.4 Å². The molecule has 5 N–H and O–H groups in total. The number of esters is 1. The summed E-state index contributed by atoms with van der Waals surface area (Å²) < 4.78 is 10.2. The lowest BCUT2D eigenvalue weighted by Gasteiger charge is -2.39. The van der Waals surface area contributed by atoms with E-state index < -0.39 is 43.3 Å². The Bertz CT molecular complexity index is 698. The number of aromatic amines is 1. The quantitative estimate of drug-likeness (QED) is 0.464. The summed E-state index contributed by atoms with van der Waals surface area (Å²) in [6, 6.07) is 7.10. The van der Waals surface area contributed by atoms with E-state index >= 15 is 0 Å². The highest BCUT2D eigenvalue weighted by molar-refractivity contribution is 6.04. The summed E-state index contributed by atoms with van der Waals surface area (Å²) in [6.45, 7) is -0.591. The number of carbonyl (C=O) groups excluding carboxylic acids is 1. The van der Waals surface area contributed by atoms with Gasteiger partial charge in [-0.25, -0.2) is 4.79 Å². The molecule has 124 valence electrons. The number of hydrogen-bond acceptors (Lipinski definition) is 7. The second-order valence-electron chi connectivity index (χ2n) is 5.35. The first-order valence-corrected chi connectivity index (χ1v) is 7.10. The zero-order valence-electron chi connectivity index (χ0n) is 12.0. The van der Waals surface area contributed by atoms with Crippen LogP contribution in [-0.4, -0.2) is 68.7 Å². The molecule has 1 unspecified atom stereocenters. The van der Waals surface area contributed by atoms with Gasteiger partial charge in [0, 0.05) is 17.1 Å². The van der Waals surface area contributed by atoms with E-state index in [-0.39, 0.29) is 5.56 Å². The number of para-hydroxylation sites is 1. The standard InChI is InChI=1S/C15H17NO7/c17-6-10-11(18)12(19)13(20)15(22-10)23-14(21)8-5-16-9-4-2-1-3-7(8)9/h1-5,10-13,15-20H,6H2/t10-,11-,12+,13-,15?/m1/s1. The first kappa shape index (κ1) is 15.9. The molecule has 1 aromatic carbocycles. The zero-order chi connectivity index (χ0) is 16.6. The number of hydrogen-bond donors (Lipinski definition) is 5. The Morgan fingerprint density at radius 1 is 1.17 bits per heavy atom. The molecular weight excluding hydrogens is 306 g/mol. The van der Waals surface area contributed by atoms with E-state index in [0.29, 0.717) is 5.39 Å². The van der Waals surface area contributed by atoms with Gasteiger partial charge in [-0.15, -0.1) is 0 Å². The lowest BCUT2D eigenvalue weighted by atomic mass is 9.99. The lowest BCUT2D eigenvalue weighted by molar-refractivity contribution is -0.285. The van der Waals surface area contributed by atoms with Gasteiger partial charge in [-0.1, -0.05) is 18.2 Å². The van der Waals surface area contributed by atoms with Crippen molar-refractivity contribution < 1.29 is 34.7 Å². The number of aliphatic hydroxyl groups is 4. The van der Waals surface area contributed by atoms with Gasteiger partial charge in [0.25, 0.3) is 0 Å². The molecule has 2 aromatic rings. The molecule has 23 heavy (non-hydrogen) atoms. The molecule has 0 radical (unpaired) electrons. The highest BCUT2D eigenvalue weighted by atomic mass is 16.7. The van der Waals surface area contributed by atoms with Gasteiger partial charge in [0.15, 0.2) is 0 Å². The fourth-order valence-electron chi connectivity index (χ4n) is 2.57. The molecule has 0 aliphatic carbocycles. The summed E-state index contributed by atoms with van der Waals surface area (Å²) in [4.78, 5) is 15.2. The molecule has 1 aliphatic rings. The van der Waals surface area contributed by atoms with Gasteiger partial charge in [-0.05, 0) is 6.07 Å². The van der Waals surface area contributed by atoms with E-state index in [1.165, 1.54) is 6.20 Å². The molecule has 0 saturated carbocycles. The van der Waals surface area contributed by atoms with Crippen molar-refractivity contribution in [3.05, 3.63) is 36.0 Å². The monoisotopic (exact) mass is 323 g/mol. The summed E-state index contributed by atoms with van der Waals surface area (Å²) in [5, 5.41) is 39.0. The molecule has 1 fully saturated rings. The average molecular weight is 323 g/mol. The van der Waals surface area contributed by atoms with Crippen LogP contribution in [0.2, 0.25) is 0 Å². The van der Waals surface area contributed by atoms with Crippen LogP contribution in [0.3, 0.4) is 0 Å². The van der Waals surface area contributed by atoms with Gasteiger partial charge in [-0.2, -0.15) is 0 Å². The minimum atomic E-state index is -1.62. The number of aliphatic hydroxyl groups excluding tert-OH is 4. The number of benzene rings is 1. The molecule has 1 aromatic heterocycles. The van der Waals surface area contributed by atoms with E-state index in [0.717, 1.165) is 5.52 Å². The van der Waals surface area contributed by atoms with Crippen LogP contribution in [0.5, 0.6) is 0 Å². The lowest BCUT2D eigenvalue weighted by Crippen LogP contribution is -2.59. The van der Waals surface area contributed by atoms with Crippen LogP contribution >= 0.6 is 0 Å². The summed E-state index contributed by atoms with van der Waals surface area (Å²) in [5.74, 6) is -0.758. The van der Waals surface area contributed by atoms with Gasteiger partial charge in [0.2, 0.25) is 6.29 Å². The van der Waals surface area contributed by atoms with Crippen molar-refractivity contribution >= 4 is 16.9 Å². The van der Waals surface area contributed by atoms with E-state index in [2.05, 4.69) is 4.98 Å². The Balaban J connectivity index is 1.79. The fraction of sp³-hybridized carbons (Fsp3) is 0.400. The van der Waals surface area contributed by atoms with Crippen molar-refractivity contribution in [1.29, 1.82) is 0 Å². The first-order chi connectivity index (χ1) is 11.0. The van der Waals surface area contributed by atoms with E-state index in [1.807, 2.05) is 6.07 Å². The number of H-pyrrole nitrogens is 1. The van der Waals surface area contributed by atoms with Crippen LogP contribution < -0.4 is 0 Å². The number of nitrogens with one attached hydrogen (secondary N) is 1. The summed E-state index contributed by atoms with van der Waals surface area (Å²) in [6.07, 6.45) is -5.88. The summed E-state index contributed by atoms with van der Waals surface area (Å²) >= 11 is 0. The van der Waals surface area contributed by atoms with Crippen molar-refractivity contribution in [2.24, 2.45) is 0 Å². The normalized spacial score (nSPS) is 31.2. The number of carbonyl (C=O) groups is 1. The third kappa shape index (κ3) is 2.82. The molecule has 2 heterocycles. The number of ether oxygens (including phenoxy) is 2. The molecule has 8 heteroatoms. The second-order valence-corrected chi connectivity index (χ2v) is 5.35. The second kappa shape index (κ2) is 6.26. The first-order valence-electron chi connectivity index (χ1n) is 7.10. The molecule has 8 nitrogen and oxygen atoms in total. The van der Waals surface area contributed by atoms with Crippen LogP contribution in [0.25, 0.3) is 10.9 Å². The van der Waals surface area contributed by atoms with Gasteiger partial charge < -0.3 is 34.9 Å². The molecule has 1 aliphatic heterocycles. The molecule has 3 rings (SSSR count). The third-order valence-electron chi connectivity index (χ3n) is 3.88. The predicted molar refractivity (Wildman–Crippen MR) is 77.5 cm³/mol. The predicted octanol–water partition coefficient (Wildman–Crippen LogP) is -0.875. The molecular formula is C15H17NO7. The van der Waals surface area contributed by atoms with Crippen molar-refractivity contribution in [2.75, 3.05) is 6.61 Å². The minimum Gasteiger partial charge on any atom is -0.429 e. The Labute approximate surface area is 130 Å². The highest BCUT2D eigenvalue weighted by Crippen LogP contribution is 2.24. The maximum atomic E-state index is 12.3. The summed E-state index contributed by atoms with van der Waals surface area (Å²) in [7, 11) is 0. The maximum absolute atomic E-state index is 12.3. The van der Waals surface area contributed by atoms with Crippen molar-refractivity contribution in [2.45, 2.75) is 30.7 Å². The van der Waals surface area contributed by atoms with Crippen molar-refractivity contribution in [3.8, 4) is 0 Å². The Morgan fingerprint density at radius 3 is 2.65 bits per heavy atom. The maximum Gasteiger partial charge on any atom is 0.342 e. The largest absolute Gasteiger partial charge is 0.429 e. The molecule has 0 amide bonds. The van der Waals surface area contributed by atoms with Crippen molar-refractivity contribution in [3.63, 3.8) is 0 Å². The van der Waals surface area contributed by atoms with Gasteiger partial charge in [-0.3, -0.25) is 0 Å². The number of fused-ring (bicyclic) bond motifs is 1. The highest BCUT2D eigenvalue weighted by Gasteiger charge is 2.45. The minimum absolute atomic E-state index is 0.248. The zero-order valence-corrected chi connectivity index (χ0v) is 12.0. The topological polar surface area (TPSA) is 132 Å². The molecule has 5 atom stereocenters. The van der Waals surface area contributed by atoms with Gasteiger partial charge in [0.05, 0.1) is 12.2 Å². The van der Waals surface area contributed by atoms with E-state index in [4.69, 9.17) is 14.6 Å². The van der Waals surface area contributed by atoms with Gasteiger partial charge in [0.1, 0.15) is 24.4 Å². The third-order valence-corrected chi connectivity index (χ3v) is 3.88. The Hall–Kier alpha value is -1.97. The number of aromatic nitrogens is 1. The van der Waals surface area contributed by atoms with E-state index in [9.17, 15) is 20.1 Å². The van der Waals surface area contributed by atoms with Crippen LogP contribution in [0.15, 0.2) is 30.5 Å². The van der Waals surface area contributed by atoms with Crippen molar-refractivity contribution in [1.82, 2.24) is 4.98 Å². The molecule has 1 saturated heterocycles. The SMILES string of the molecule is O=C(OC1O[C@H](CO)[C@@H](O)[C@H](O)[C@H]1O)c1c[nH]c2ccccc12. The molecule has 0 bridgehead atoms. The number of rotatable bonds is 3. The van der Waals surface area contributed by atoms with Crippen LogP contribution in [-0.2, 0) is 9.47 Å². The fourth-order valence-corrected chi connectivity index (χ4v) is 2.57. The summed E-state index contributed by atoms with van der Waals surface area (Å²) in [5.41, 5.74) is 0.991. The average Bonchev–Trinajstić information content (AvgIpc) is 2.99. The molecule has 0 spiro atoms. The smallest absolute Gasteiger partial charge is 0.342 e. The Kier molecular flexibility index (Phi) is 4.33. The van der Waals surface area contributed by atoms with Crippen LogP contribution in [0, 0.1) is 0 Å². The van der Waals surface area contributed by atoms with E-state index in [1.54, 1.807) is 18.2 Å². The Morgan fingerprint density at radius 2 is 1.91 bits per heavy atom.